The smallest absolute Gasteiger partial charge is 0.227 e. The van der Waals surface area contributed by atoms with Gasteiger partial charge in [-0.25, -0.2) is 9.97 Å². The van der Waals surface area contributed by atoms with Crippen LogP contribution in [0.3, 0.4) is 0 Å². The van der Waals surface area contributed by atoms with Gasteiger partial charge < -0.3 is 15.2 Å². The van der Waals surface area contributed by atoms with Crippen LogP contribution in [-0.4, -0.2) is 38.0 Å². The highest BCUT2D eigenvalue weighted by atomic mass is 16.5. The van der Waals surface area contributed by atoms with Crippen molar-refractivity contribution < 1.29 is 9.32 Å². The maximum absolute atomic E-state index is 12.2. The summed E-state index contributed by atoms with van der Waals surface area (Å²) in [5.74, 6) is 1.14. The molecule has 2 aromatic heterocycles. The Balaban J connectivity index is 1.53. The Kier molecular flexibility index (Phi) is 4.98. The topological polar surface area (TPSA) is 111 Å². The summed E-state index contributed by atoms with van der Waals surface area (Å²) >= 11 is 0. The number of benzene rings is 1. The van der Waals surface area contributed by atoms with Crippen LogP contribution in [0.15, 0.2) is 47.2 Å². The van der Waals surface area contributed by atoms with Crippen LogP contribution in [0.25, 0.3) is 11.4 Å². The van der Waals surface area contributed by atoms with Crippen molar-refractivity contribution in [1.29, 1.82) is 0 Å². The maximum Gasteiger partial charge on any atom is 0.227 e. The summed E-state index contributed by atoms with van der Waals surface area (Å²) in [6, 6.07) is 9.55. The second-order valence-corrected chi connectivity index (χ2v) is 5.58. The summed E-state index contributed by atoms with van der Waals surface area (Å²) in [7, 11) is 1.72. The summed E-state index contributed by atoms with van der Waals surface area (Å²) in [4.78, 5) is 26.0. The minimum atomic E-state index is -0.0312. The number of anilines is 1. The number of carbonyl (C=O) groups is 1. The molecule has 0 unspecified atom stereocenters. The molecule has 0 aliphatic carbocycles. The first kappa shape index (κ1) is 16.6. The van der Waals surface area contributed by atoms with Crippen LogP contribution in [0.2, 0.25) is 0 Å². The molecule has 3 aromatic rings. The second-order valence-electron chi connectivity index (χ2n) is 5.58. The van der Waals surface area contributed by atoms with Gasteiger partial charge >= 0.3 is 0 Å². The van der Waals surface area contributed by atoms with E-state index in [0.717, 1.165) is 11.1 Å². The molecule has 0 aliphatic heterocycles. The number of hydrogen-bond acceptors (Lipinski definition) is 7. The van der Waals surface area contributed by atoms with Gasteiger partial charge in [0.05, 0.1) is 0 Å². The summed E-state index contributed by atoms with van der Waals surface area (Å²) in [5.41, 5.74) is 7.14. The number of nitrogens with zero attached hydrogens (tertiary/aromatic N) is 5. The first-order valence-electron chi connectivity index (χ1n) is 7.80. The molecule has 128 valence electrons. The van der Waals surface area contributed by atoms with E-state index in [0.29, 0.717) is 24.7 Å². The molecule has 1 aromatic carbocycles. The molecule has 3 rings (SSSR count). The molecule has 1 amide bonds. The minimum absolute atomic E-state index is 0.0312. The van der Waals surface area contributed by atoms with Crippen LogP contribution in [0.1, 0.15) is 17.9 Å². The molecule has 0 saturated carbocycles. The largest absolute Gasteiger partial charge is 0.368 e. The van der Waals surface area contributed by atoms with Gasteiger partial charge in [0.15, 0.2) is 0 Å². The third-order valence-electron chi connectivity index (χ3n) is 3.62. The van der Waals surface area contributed by atoms with E-state index < -0.39 is 0 Å². The van der Waals surface area contributed by atoms with E-state index in [1.54, 1.807) is 24.3 Å². The average molecular weight is 338 g/mol. The number of amides is 1. The lowest BCUT2D eigenvalue weighted by Crippen LogP contribution is -2.26. The summed E-state index contributed by atoms with van der Waals surface area (Å²) in [6.07, 6.45) is 3.89. The standard InChI is InChI=1S/C17H18N6O2/c1-23(11-12-9-19-17(18)20-10-12)15(24)8-7-14-21-16(22-25-14)13-5-3-2-4-6-13/h2-6,9-10H,7-8,11H2,1H3,(H2,18,19,20). The Morgan fingerprint density at radius 2 is 1.92 bits per heavy atom. The van der Waals surface area contributed by atoms with E-state index in [4.69, 9.17) is 10.3 Å². The Morgan fingerprint density at radius 3 is 2.64 bits per heavy atom. The van der Waals surface area contributed by atoms with Gasteiger partial charge in [0.2, 0.25) is 23.6 Å². The van der Waals surface area contributed by atoms with Crippen molar-refractivity contribution in [3.8, 4) is 11.4 Å². The average Bonchev–Trinajstić information content (AvgIpc) is 3.11. The van der Waals surface area contributed by atoms with Crippen molar-refractivity contribution in [3.05, 3.63) is 54.2 Å². The van der Waals surface area contributed by atoms with Crippen molar-refractivity contribution in [2.45, 2.75) is 19.4 Å². The fourth-order valence-electron chi connectivity index (χ4n) is 2.27. The van der Waals surface area contributed by atoms with Gasteiger partial charge in [-0.1, -0.05) is 35.5 Å². The molecule has 2 heterocycles. The Labute approximate surface area is 144 Å². The molecule has 0 spiro atoms. The van der Waals surface area contributed by atoms with Crippen LogP contribution in [0, 0.1) is 0 Å². The Hall–Kier alpha value is -3.29. The zero-order chi connectivity index (χ0) is 17.6. The van der Waals surface area contributed by atoms with E-state index >= 15 is 0 Å². The van der Waals surface area contributed by atoms with Gasteiger partial charge in [0, 0.05) is 50.0 Å². The van der Waals surface area contributed by atoms with E-state index in [2.05, 4.69) is 20.1 Å². The van der Waals surface area contributed by atoms with Crippen molar-refractivity contribution >= 4 is 11.9 Å². The lowest BCUT2D eigenvalue weighted by atomic mass is 10.2. The number of nitrogen functional groups attached to an aromatic ring is 1. The Bertz CT molecular complexity index is 832. The van der Waals surface area contributed by atoms with Crippen LogP contribution in [0.4, 0.5) is 5.95 Å². The third-order valence-corrected chi connectivity index (χ3v) is 3.62. The molecule has 0 bridgehead atoms. The molecule has 0 fully saturated rings. The molecule has 8 nitrogen and oxygen atoms in total. The molecule has 8 heteroatoms. The van der Waals surface area contributed by atoms with Crippen LogP contribution >= 0.6 is 0 Å². The van der Waals surface area contributed by atoms with Gasteiger partial charge in [-0.15, -0.1) is 0 Å². The van der Waals surface area contributed by atoms with Crippen LogP contribution in [0.5, 0.6) is 0 Å². The van der Waals surface area contributed by atoms with Gasteiger partial charge in [-0.3, -0.25) is 4.79 Å². The fraction of sp³-hybridized carbons (Fsp3) is 0.235. The number of hydrogen-bond donors (Lipinski definition) is 1. The number of nitrogens with two attached hydrogens (primary N) is 1. The minimum Gasteiger partial charge on any atom is -0.368 e. The first-order chi connectivity index (χ1) is 12.1. The lowest BCUT2D eigenvalue weighted by Gasteiger charge is -2.16. The number of carbonyl (C=O) groups excluding carboxylic acids is 1. The monoisotopic (exact) mass is 338 g/mol. The Morgan fingerprint density at radius 1 is 1.20 bits per heavy atom. The zero-order valence-electron chi connectivity index (χ0n) is 13.8. The van der Waals surface area contributed by atoms with Crippen molar-refractivity contribution in [2.75, 3.05) is 12.8 Å². The van der Waals surface area contributed by atoms with E-state index in [9.17, 15) is 4.79 Å². The van der Waals surface area contributed by atoms with E-state index in [1.165, 1.54) is 0 Å². The van der Waals surface area contributed by atoms with Crippen LogP contribution < -0.4 is 5.73 Å². The zero-order valence-corrected chi connectivity index (χ0v) is 13.8. The molecule has 0 radical (unpaired) electrons. The van der Waals surface area contributed by atoms with Gasteiger partial charge in [-0.05, 0) is 0 Å². The summed E-state index contributed by atoms with van der Waals surface area (Å²) in [5, 5.41) is 3.95. The highest BCUT2D eigenvalue weighted by molar-refractivity contribution is 5.76. The molecule has 2 N–H and O–H groups in total. The maximum atomic E-state index is 12.2. The van der Waals surface area contributed by atoms with Crippen molar-refractivity contribution in [2.24, 2.45) is 0 Å². The molecular weight excluding hydrogens is 320 g/mol. The summed E-state index contributed by atoms with van der Waals surface area (Å²) in [6.45, 7) is 0.415. The molecule has 25 heavy (non-hydrogen) atoms. The van der Waals surface area contributed by atoms with Gasteiger partial charge in [0.1, 0.15) is 0 Å². The lowest BCUT2D eigenvalue weighted by molar-refractivity contribution is -0.130. The normalized spacial score (nSPS) is 10.6. The SMILES string of the molecule is CN(Cc1cnc(N)nc1)C(=O)CCc1nc(-c2ccccc2)no1. The number of aryl methyl sites for hydroxylation is 1. The highest BCUT2D eigenvalue weighted by Gasteiger charge is 2.13. The molecule has 0 aliphatic rings. The predicted molar refractivity (Wildman–Crippen MR) is 91.0 cm³/mol. The van der Waals surface area contributed by atoms with Crippen LogP contribution in [-0.2, 0) is 17.8 Å². The number of rotatable bonds is 6. The van der Waals surface area contributed by atoms with Crippen molar-refractivity contribution in [3.63, 3.8) is 0 Å². The summed E-state index contributed by atoms with van der Waals surface area (Å²) < 4.78 is 5.21. The predicted octanol–water partition coefficient (Wildman–Crippen LogP) is 1.70. The van der Waals surface area contributed by atoms with E-state index in [-0.39, 0.29) is 18.3 Å². The number of aromatic nitrogens is 4. The third kappa shape index (κ3) is 4.37. The molecule has 0 atom stereocenters. The molecule has 0 saturated heterocycles. The quantitative estimate of drug-likeness (QED) is 0.728. The van der Waals surface area contributed by atoms with Crippen molar-refractivity contribution in [1.82, 2.24) is 25.0 Å². The fourth-order valence-corrected chi connectivity index (χ4v) is 2.27. The van der Waals surface area contributed by atoms with E-state index in [1.807, 2.05) is 30.3 Å². The molecular formula is C17H18N6O2. The second kappa shape index (κ2) is 7.52. The highest BCUT2D eigenvalue weighted by Crippen LogP contribution is 2.15. The van der Waals surface area contributed by atoms with Gasteiger partial charge in [0.25, 0.3) is 0 Å². The van der Waals surface area contributed by atoms with Gasteiger partial charge in [-0.2, -0.15) is 4.98 Å². The first-order valence-corrected chi connectivity index (χ1v) is 7.80.